The van der Waals surface area contributed by atoms with Gasteiger partial charge in [-0.05, 0) is 77.6 Å². The quantitative estimate of drug-likeness (QED) is 0.223. The number of piperidine rings is 1. The van der Waals surface area contributed by atoms with Crippen LogP contribution in [-0.2, 0) is 12.5 Å². The maximum Gasteiger partial charge on any atom is 0.293 e. The standard InChI is InChI=1S/C38H45N5O2/c1-25-31(10-9-11-32(25)39-26(2)27-12-16-29(17-13-27)37(3,4)5)33-24-42(8)36(45)34(41-33)40-30-18-14-28(15-19-30)35(44)43-22-20-38(6,7)21-23-43/h9-19,24,39H,2,20-23H2,1,3-8H3,(H,40,41). The van der Waals surface area contributed by atoms with Gasteiger partial charge < -0.3 is 20.1 Å². The van der Waals surface area contributed by atoms with Gasteiger partial charge in [-0.15, -0.1) is 0 Å². The molecule has 2 N–H and O–H groups in total. The SMILES string of the molecule is C=C(Nc1cccc(-c2cn(C)c(=O)c(Nc3ccc(C(=O)N4CCC(C)(C)CC4)cc3)n2)c1C)c1ccc(C(C)(C)C)cc1. The van der Waals surface area contributed by atoms with Crippen LogP contribution in [0.1, 0.15) is 74.5 Å². The van der Waals surface area contributed by atoms with Gasteiger partial charge in [0.2, 0.25) is 0 Å². The Morgan fingerprint density at radius 3 is 2.18 bits per heavy atom. The van der Waals surface area contributed by atoms with E-state index in [2.05, 4.69) is 76.1 Å². The Hall–Kier alpha value is -4.65. The van der Waals surface area contributed by atoms with Crippen LogP contribution in [0.4, 0.5) is 17.2 Å². The highest BCUT2D eigenvalue weighted by molar-refractivity contribution is 5.94. The summed E-state index contributed by atoms with van der Waals surface area (Å²) in [5.74, 6) is 0.259. The molecule has 0 bridgehead atoms. The van der Waals surface area contributed by atoms with Gasteiger partial charge in [-0.25, -0.2) is 4.98 Å². The van der Waals surface area contributed by atoms with E-state index in [0.29, 0.717) is 16.9 Å². The van der Waals surface area contributed by atoms with Gasteiger partial charge in [0.15, 0.2) is 5.82 Å². The monoisotopic (exact) mass is 603 g/mol. The minimum absolute atomic E-state index is 0.0432. The topological polar surface area (TPSA) is 79.3 Å². The lowest BCUT2D eigenvalue weighted by molar-refractivity contribution is 0.0630. The van der Waals surface area contributed by atoms with Gasteiger partial charge in [-0.2, -0.15) is 0 Å². The number of likely N-dealkylation sites (tertiary alicyclic amines) is 1. The second kappa shape index (κ2) is 12.4. The zero-order valence-electron chi connectivity index (χ0n) is 27.6. The predicted molar refractivity (Wildman–Crippen MR) is 186 cm³/mol. The molecule has 7 heteroatoms. The van der Waals surface area contributed by atoms with Crippen molar-refractivity contribution in [2.24, 2.45) is 12.5 Å². The molecule has 2 heterocycles. The molecule has 1 aromatic heterocycles. The molecule has 0 aliphatic carbocycles. The van der Waals surface area contributed by atoms with E-state index in [1.165, 1.54) is 10.1 Å². The number of aromatic nitrogens is 2. The molecule has 1 amide bonds. The first kappa shape index (κ1) is 31.8. The van der Waals surface area contributed by atoms with Crippen molar-refractivity contribution >= 4 is 28.8 Å². The molecule has 0 spiro atoms. The molecule has 0 saturated carbocycles. The van der Waals surface area contributed by atoms with Crippen LogP contribution >= 0.6 is 0 Å². The third-order valence-corrected chi connectivity index (χ3v) is 8.86. The first-order chi connectivity index (χ1) is 21.2. The second-order valence-electron chi connectivity index (χ2n) is 14.0. The molecule has 7 nitrogen and oxygen atoms in total. The third kappa shape index (κ3) is 7.19. The van der Waals surface area contributed by atoms with Crippen LogP contribution in [0, 0.1) is 12.3 Å². The third-order valence-electron chi connectivity index (χ3n) is 8.86. The van der Waals surface area contributed by atoms with Gasteiger partial charge in [0.25, 0.3) is 11.5 Å². The number of benzene rings is 3. The van der Waals surface area contributed by atoms with E-state index in [4.69, 9.17) is 4.98 Å². The Balaban J connectivity index is 1.33. The summed E-state index contributed by atoms with van der Waals surface area (Å²) in [5, 5.41) is 6.66. The van der Waals surface area contributed by atoms with Crippen LogP contribution < -0.4 is 16.2 Å². The summed E-state index contributed by atoms with van der Waals surface area (Å²) in [4.78, 5) is 32.8. The molecule has 0 unspecified atom stereocenters. The molecule has 1 aliphatic rings. The minimum Gasteiger partial charge on any atom is -0.355 e. The lowest BCUT2D eigenvalue weighted by atomic mass is 9.82. The number of hydrogen-bond donors (Lipinski definition) is 2. The highest BCUT2D eigenvalue weighted by Crippen LogP contribution is 2.32. The summed E-state index contributed by atoms with van der Waals surface area (Å²) in [6, 6.07) is 21.7. The van der Waals surface area contributed by atoms with Gasteiger partial charge in [0.05, 0.1) is 5.69 Å². The van der Waals surface area contributed by atoms with E-state index < -0.39 is 0 Å². The van der Waals surface area contributed by atoms with Crippen molar-refractivity contribution in [3.8, 4) is 11.3 Å². The number of nitrogens with one attached hydrogen (secondary N) is 2. The highest BCUT2D eigenvalue weighted by atomic mass is 16.2. The summed E-state index contributed by atoms with van der Waals surface area (Å²) in [5.41, 5.74) is 8.03. The summed E-state index contributed by atoms with van der Waals surface area (Å²) in [6.07, 6.45) is 3.76. The molecule has 4 aromatic rings. The van der Waals surface area contributed by atoms with Crippen LogP contribution in [0.5, 0.6) is 0 Å². The van der Waals surface area contributed by atoms with E-state index >= 15 is 0 Å². The van der Waals surface area contributed by atoms with E-state index in [1.807, 2.05) is 54.3 Å². The van der Waals surface area contributed by atoms with E-state index in [-0.39, 0.29) is 28.1 Å². The van der Waals surface area contributed by atoms with Crippen molar-refractivity contribution in [1.29, 1.82) is 0 Å². The summed E-state index contributed by atoms with van der Waals surface area (Å²) >= 11 is 0. The van der Waals surface area contributed by atoms with Crippen LogP contribution in [0.25, 0.3) is 17.0 Å². The number of carbonyl (C=O) groups is 1. The average molecular weight is 604 g/mol. The van der Waals surface area contributed by atoms with Gasteiger partial charge in [0.1, 0.15) is 0 Å². The zero-order chi connectivity index (χ0) is 32.5. The summed E-state index contributed by atoms with van der Waals surface area (Å²) < 4.78 is 1.54. The maximum atomic E-state index is 13.1. The highest BCUT2D eigenvalue weighted by Gasteiger charge is 2.28. The first-order valence-electron chi connectivity index (χ1n) is 15.6. The molecule has 1 saturated heterocycles. The minimum atomic E-state index is -0.242. The molecular weight excluding hydrogens is 558 g/mol. The van der Waals surface area contributed by atoms with Crippen LogP contribution in [0.15, 0.2) is 84.3 Å². The lowest BCUT2D eigenvalue weighted by Gasteiger charge is -2.37. The van der Waals surface area contributed by atoms with Gasteiger partial charge in [0, 0.05) is 54.5 Å². The lowest BCUT2D eigenvalue weighted by Crippen LogP contribution is -2.41. The Morgan fingerprint density at radius 1 is 0.933 bits per heavy atom. The number of aryl methyl sites for hydroxylation is 1. The molecule has 5 rings (SSSR count). The van der Waals surface area contributed by atoms with Crippen LogP contribution in [0.2, 0.25) is 0 Å². The maximum absolute atomic E-state index is 13.1. The Morgan fingerprint density at radius 2 is 1.56 bits per heavy atom. The summed E-state index contributed by atoms with van der Waals surface area (Å²) in [6.45, 7) is 19.0. The van der Waals surface area contributed by atoms with Crippen molar-refractivity contribution < 1.29 is 4.79 Å². The van der Waals surface area contributed by atoms with Crippen LogP contribution in [-0.4, -0.2) is 33.4 Å². The van der Waals surface area contributed by atoms with Crippen molar-refractivity contribution in [2.75, 3.05) is 23.7 Å². The first-order valence-corrected chi connectivity index (χ1v) is 15.6. The normalized spacial score (nSPS) is 14.6. The van der Waals surface area contributed by atoms with Gasteiger partial charge >= 0.3 is 0 Å². The Kier molecular flexibility index (Phi) is 8.74. The van der Waals surface area contributed by atoms with Crippen molar-refractivity contribution in [2.45, 2.75) is 59.8 Å². The van der Waals surface area contributed by atoms with Gasteiger partial charge in [-0.1, -0.05) is 77.6 Å². The number of carbonyl (C=O) groups excluding carboxylic acids is 1. The fraction of sp³-hybridized carbons (Fsp3) is 0.342. The number of nitrogens with zero attached hydrogens (tertiary/aromatic N) is 3. The average Bonchev–Trinajstić information content (AvgIpc) is 3.00. The molecule has 45 heavy (non-hydrogen) atoms. The molecule has 1 aliphatic heterocycles. The van der Waals surface area contributed by atoms with Crippen molar-refractivity contribution in [3.63, 3.8) is 0 Å². The number of rotatable bonds is 7. The number of amides is 1. The predicted octanol–water partition coefficient (Wildman–Crippen LogP) is 8.14. The number of anilines is 3. The largest absolute Gasteiger partial charge is 0.355 e. The molecule has 0 atom stereocenters. The van der Waals surface area contributed by atoms with E-state index in [1.54, 1.807) is 13.2 Å². The van der Waals surface area contributed by atoms with Crippen molar-refractivity contribution in [1.82, 2.24) is 14.5 Å². The molecule has 1 fully saturated rings. The van der Waals surface area contributed by atoms with Crippen molar-refractivity contribution in [3.05, 3.63) is 112 Å². The van der Waals surface area contributed by atoms with E-state index in [9.17, 15) is 9.59 Å². The Bertz CT molecular complexity index is 1770. The smallest absolute Gasteiger partial charge is 0.293 e. The zero-order valence-corrected chi connectivity index (χ0v) is 27.6. The van der Waals surface area contributed by atoms with Gasteiger partial charge in [-0.3, -0.25) is 9.59 Å². The van der Waals surface area contributed by atoms with Crippen LogP contribution in [0.3, 0.4) is 0 Å². The second-order valence-corrected chi connectivity index (χ2v) is 14.0. The molecular formula is C38H45N5O2. The molecule has 0 radical (unpaired) electrons. The molecule has 3 aromatic carbocycles. The number of hydrogen-bond acceptors (Lipinski definition) is 5. The fourth-order valence-corrected chi connectivity index (χ4v) is 5.60. The Labute approximate surface area is 267 Å². The molecule has 234 valence electrons. The van der Waals surface area contributed by atoms with E-state index in [0.717, 1.165) is 54.0 Å². The fourth-order valence-electron chi connectivity index (χ4n) is 5.60. The summed E-state index contributed by atoms with van der Waals surface area (Å²) in [7, 11) is 1.72.